The van der Waals surface area contributed by atoms with E-state index in [4.69, 9.17) is 15.0 Å². The van der Waals surface area contributed by atoms with Crippen molar-refractivity contribution in [2.75, 3.05) is 0 Å². The molecule has 7 heteroatoms. The van der Waals surface area contributed by atoms with Crippen molar-refractivity contribution < 1.29 is 22.5 Å². The summed E-state index contributed by atoms with van der Waals surface area (Å²) >= 11 is 0. The molecule has 0 aliphatic heterocycles. The highest BCUT2D eigenvalue weighted by Gasteiger charge is 2.06. The minimum atomic E-state index is -4.02. The van der Waals surface area contributed by atoms with Crippen molar-refractivity contribution in [3.8, 4) is 5.75 Å². The molecule has 0 saturated heterocycles. The second kappa shape index (κ2) is 8.42. The zero-order valence-electron chi connectivity index (χ0n) is 12.9. The van der Waals surface area contributed by atoms with E-state index in [0.29, 0.717) is 12.3 Å². The number of carbonyl (C=O) groups excluding carboxylic acids is 1. The number of aryl methyl sites for hydroxylation is 1. The second-order valence-electron chi connectivity index (χ2n) is 4.73. The van der Waals surface area contributed by atoms with Crippen molar-refractivity contribution in [3.63, 3.8) is 0 Å². The van der Waals surface area contributed by atoms with E-state index in [9.17, 15) is 13.2 Å². The fourth-order valence-corrected chi connectivity index (χ4v) is 2.09. The molecule has 2 aromatic rings. The highest BCUT2D eigenvalue weighted by atomic mass is 32.2. The Labute approximate surface area is 135 Å². The van der Waals surface area contributed by atoms with Gasteiger partial charge in [0.2, 0.25) is 0 Å². The number of benzene rings is 2. The van der Waals surface area contributed by atoms with E-state index in [1.165, 1.54) is 19.1 Å². The Balaban J connectivity index is 0.000000231. The van der Waals surface area contributed by atoms with E-state index >= 15 is 0 Å². The van der Waals surface area contributed by atoms with E-state index in [2.05, 4.69) is 0 Å². The lowest BCUT2D eigenvalue weighted by Gasteiger charge is -2.02. The molecule has 6 nitrogen and oxygen atoms in total. The number of carbonyl (C=O) groups is 1. The van der Waals surface area contributed by atoms with E-state index in [-0.39, 0.29) is 10.9 Å². The van der Waals surface area contributed by atoms with Crippen LogP contribution in [0.3, 0.4) is 0 Å². The van der Waals surface area contributed by atoms with Crippen molar-refractivity contribution in [3.05, 3.63) is 59.7 Å². The summed E-state index contributed by atoms with van der Waals surface area (Å²) in [5.74, 6) is 0.231. The smallest absolute Gasteiger partial charge is 0.308 e. The molecule has 0 heterocycles. The zero-order chi connectivity index (χ0) is 17.5. The van der Waals surface area contributed by atoms with Gasteiger partial charge in [0.15, 0.2) is 0 Å². The van der Waals surface area contributed by atoms with Crippen molar-refractivity contribution in [2.24, 2.45) is 5.73 Å². The van der Waals surface area contributed by atoms with Crippen LogP contribution < -0.4 is 10.5 Å². The van der Waals surface area contributed by atoms with Crippen molar-refractivity contribution in [1.29, 1.82) is 0 Å². The van der Waals surface area contributed by atoms with Crippen molar-refractivity contribution in [2.45, 2.75) is 25.3 Å². The highest BCUT2D eigenvalue weighted by molar-refractivity contribution is 7.85. The van der Waals surface area contributed by atoms with Crippen LogP contribution in [0.4, 0.5) is 0 Å². The molecule has 0 aliphatic carbocycles. The molecule has 0 fully saturated rings. The first-order valence-corrected chi connectivity index (χ1v) is 8.18. The minimum absolute atomic E-state index is 0.0666. The third-order valence-electron chi connectivity index (χ3n) is 2.71. The summed E-state index contributed by atoms with van der Waals surface area (Å²) in [6.07, 6.45) is 0. The van der Waals surface area contributed by atoms with Gasteiger partial charge in [-0.05, 0) is 36.8 Å². The molecule has 2 rings (SSSR count). The molecule has 0 unspecified atom stereocenters. The van der Waals surface area contributed by atoms with Gasteiger partial charge in [-0.1, -0.05) is 29.8 Å². The van der Waals surface area contributed by atoms with Crippen LogP contribution in [0.5, 0.6) is 5.75 Å². The molecule has 0 atom stereocenters. The molecule has 3 N–H and O–H groups in total. The van der Waals surface area contributed by atoms with Gasteiger partial charge < -0.3 is 10.5 Å². The molecule has 0 saturated carbocycles. The maximum atomic E-state index is 10.6. The highest BCUT2D eigenvalue weighted by Crippen LogP contribution is 2.12. The SMILES string of the molecule is CC(=O)Oc1cccc(CN)c1.Cc1ccc(S(=O)(=O)O)cc1. The molecule has 0 aromatic heterocycles. The summed E-state index contributed by atoms with van der Waals surface area (Å²) in [7, 11) is -4.02. The van der Waals surface area contributed by atoms with Crippen LogP contribution in [0.25, 0.3) is 0 Å². The summed E-state index contributed by atoms with van der Waals surface area (Å²) < 4.78 is 34.4. The number of esters is 1. The summed E-state index contributed by atoms with van der Waals surface area (Å²) in [4.78, 5) is 10.5. The Morgan fingerprint density at radius 2 is 1.78 bits per heavy atom. The predicted molar refractivity (Wildman–Crippen MR) is 86.6 cm³/mol. The topological polar surface area (TPSA) is 107 Å². The van der Waals surface area contributed by atoms with Gasteiger partial charge in [-0.3, -0.25) is 9.35 Å². The molecular formula is C16H19NO5S. The van der Waals surface area contributed by atoms with Crippen LogP contribution in [0, 0.1) is 6.92 Å². The molecule has 0 aliphatic rings. The second-order valence-corrected chi connectivity index (χ2v) is 6.15. The molecule has 124 valence electrons. The fourth-order valence-electron chi connectivity index (χ4n) is 1.61. The Bertz CT molecular complexity index is 754. The number of hydrogen-bond donors (Lipinski definition) is 2. The number of hydrogen-bond acceptors (Lipinski definition) is 5. The summed E-state index contributed by atoms with van der Waals surface area (Å²) in [5, 5.41) is 0. The maximum absolute atomic E-state index is 10.6. The van der Waals surface area contributed by atoms with Crippen molar-refractivity contribution in [1.82, 2.24) is 0 Å². The van der Waals surface area contributed by atoms with Gasteiger partial charge in [0.05, 0.1) is 4.90 Å². The van der Waals surface area contributed by atoms with Gasteiger partial charge in [-0.15, -0.1) is 0 Å². The maximum Gasteiger partial charge on any atom is 0.308 e. The first-order valence-electron chi connectivity index (χ1n) is 6.74. The van der Waals surface area contributed by atoms with Crippen LogP contribution in [0.1, 0.15) is 18.1 Å². The van der Waals surface area contributed by atoms with Gasteiger partial charge in [0, 0.05) is 13.5 Å². The summed E-state index contributed by atoms with van der Waals surface area (Å²) in [6, 6.07) is 13.1. The molecule has 0 radical (unpaired) electrons. The third-order valence-corrected chi connectivity index (χ3v) is 3.58. The molecule has 23 heavy (non-hydrogen) atoms. The number of rotatable bonds is 3. The molecule has 0 bridgehead atoms. The van der Waals surface area contributed by atoms with Crippen LogP contribution in [-0.4, -0.2) is 18.9 Å². The van der Waals surface area contributed by atoms with Crippen LogP contribution in [0.15, 0.2) is 53.4 Å². The third kappa shape index (κ3) is 7.05. The lowest BCUT2D eigenvalue weighted by molar-refractivity contribution is -0.131. The average Bonchev–Trinajstić information content (AvgIpc) is 2.47. The fraction of sp³-hybridized carbons (Fsp3) is 0.188. The number of ether oxygens (including phenoxy) is 1. The lowest BCUT2D eigenvalue weighted by Crippen LogP contribution is -2.02. The van der Waals surface area contributed by atoms with Crippen LogP contribution >= 0.6 is 0 Å². The first-order chi connectivity index (χ1) is 10.7. The van der Waals surface area contributed by atoms with Crippen LogP contribution in [0.2, 0.25) is 0 Å². The normalized spacial score (nSPS) is 10.4. The minimum Gasteiger partial charge on any atom is -0.427 e. The average molecular weight is 337 g/mol. The molecule has 2 aromatic carbocycles. The van der Waals surface area contributed by atoms with Crippen molar-refractivity contribution >= 4 is 16.1 Å². The van der Waals surface area contributed by atoms with Crippen LogP contribution in [-0.2, 0) is 21.5 Å². The molecular weight excluding hydrogens is 318 g/mol. The van der Waals surface area contributed by atoms with E-state index in [1.54, 1.807) is 30.3 Å². The Morgan fingerprint density at radius 3 is 2.26 bits per heavy atom. The predicted octanol–water partition coefficient (Wildman–Crippen LogP) is 2.31. The lowest BCUT2D eigenvalue weighted by atomic mass is 10.2. The first kappa shape index (κ1) is 18.8. The largest absolute Gasteiger partial charge is 0.427 e. The van der Waals surface area contributed by atoms with E-state index in [0.717, 1.165) is 11.1 Å². The van der Waals surface area contributed by atoms with Gasteiger partial charge in [-0.25, -0.2) is 0 Å². The van der Waals surface area contributed by atoms with Gasteiger partial charge in [0.1, 0.15) is 5.75 Å². The van der Waals surface area contributed by atoms with Gasteiger partial charge >= 0.3 is 5.97 Å². The number of nitrogens with two attached hydrogens (primary N) is 1. The zero-order valence-corrected chi connectivity index (χ0v) is 13.7. The standard InChI is InChI=1S/C9H11NO2.C7H8O3S/c1-7(11)12-9-4-2-3-8(5-9)6-10;1-6-2-4-7(5-3-6)11(8,9)10/h2-5H,6,10H2,1H3;2-5H,1H3,(H,8,9,10). The Kier molecular flexibility index (Phi) is 6.89. The van der Waals surface area contributed by atoms with Gasteiger partial charge in [0.25, 0.3) is 10.1 Å². The molecule has 0 spiro atoms. The summed E-state index contributed by atoms with van der Waals surface area (Å²) in [5.41, 5.74) is 7.32. The monoisotopic (exact) mass is 337 g/mol. The Hall–Kier alpha value is -2.22. The molecule has 0 amide bonds. The Morgan fingerprint density at radius 1 is 1.17 bits per heavy atom. The van der Waals surface area contributed by atoms with E-state index in [1.807, 2.05) is 13.0 Å². The van der Waals surface area contributed by atoms with E-state index < -0.39 is 10.1 Å². The summed E-state index contributed by atoms with van der Waals surface area (Å²) in [6.45, 7) is 3.66. The van der Waals surface area contributed by atoms with Gasteiger partial charge in [-0.2, -0.15) is 8.42 Å². The quantitative estimate of drug-likeness (QED) is 0.506.